The highest BCUT2D eigenvalue weighted by molar-refractivity contribution is 7.91. The second-order valence-electron chi connectivity index (χ2n) is 8.61. The predicted octanol–water partition coefficient (Wildman–Crippen LogP) is 3.65. The summed E-state index contributed by atoms with van der Waals surface area (Å²) in [6.07, 6.45) is 6.33. The van der Waals surface area contributed by atoms with Crippen molar-refractivity contribution in [3.63, 3.8) is 0 Å². The van der Waals surface area contributed by atoms with E-state index in [2.05, 4.69) is 44.9 Å². The van der Waals surface area contributed by atoms with E-state index in [9.17, 15) is 12.6 Å². The Morgan fingerprint density at radius 1 is 0.970 bits per heavy atom. The van der Waals surface area contributed by atoms with Crippen molar-refractivity contribution in [2.45, 2.75) is 48.8 Å². The van der Waals surface area contributed by atoms with Gasteiger partial charge < -0.3 is 4.90 Å². The van der Waals surface area contributed by atoms with Crippen LogP contribution in [0.15, 0.2) is 58.3 Å². The second-order valence-corrected chi connectivity index (χ2v) is 11.7. The third-order valence-electron chi connectivity index (χ3n) is 6.08. The fourth-order valence-corrected chi connectivity index (χ4v) is 6.73. The van der Waals surface area contributed by atoms with Gasteiger partial charge in [0.05, 0.1) is 20.6 Å². The van der Waals surface area contributed by atoms with Crippen LogP contribution in [0.1, 0.15) is 38.2 Å². The summed E-state index contributed by atoms with van der Waals surface area (Å²) in [4.78, 5) is 5.52. The minimum absolute atomic E-state index is 0.158. The maximum Gasteiger partial charge on any atom is 0.241 e. The first kappa shape index (κ1) is 25.9. The Bertz CT molecular complexity index is 1000. The zero-order valence-electron chi connectivity index (χ0n) is 19.8. The van der Waals surface area contributed by atoms with Crippen LogP contribution < -0.4 is 9.62 Å². The molecule has 0 saturated carbocycles. The van der Waals surface area contributed by atoms with E-state index in [0.717, 1.165) is 64.0 Å². The lowest BCUT2D eigenvalue weighted by atomic mass is 10.1. The summed E-state index contributed by atoms with van der Waals surface area (Å²) in [5.74, 6) is 0. The molecule has 1 heterocycles. The van der Waals surface area contributed by atoms with Crippen LogP contribution in [0.5, 0.6) is 0 Å². The summed E-state index contributed by atoms with van der Waals surface area (Å²) in [5.41, 5.74) is 2.29. The van der Waals surface area contributed by atoms with Gasteiger partial charge in [-0.05, 0) is 62.1 Å². The quantitative estimate of drug-likeness (QED) is 0.459. The molecule has 2 aromatic rings. The number of hydrogen-bond acceptors (Lipinski definition) is 5. The smallest absolute Gasteiger partial charge is 0.241 e. The lowest BCUT2D eigenvalue weighted by Gasteiger charge is -2.36. The summed E-state index contributed by atoms with van der Waals surface area (Å²) < 4.78 is 40.0. The number of para-hydroxylation sites is 1. The van der Waals surface area contributed by atoms with Crippen LogP contribution in [0.25, 0.3) is 0 Å². The number of hydrogen-bond donors (Lipinski definition) is 1. The Morgan fingerprint density at radius 2 is 1.70 bits per heavy atom. The molecular weight excluding hydrogens is 454 g/mol. The van der Waals surface area contributed by atoms with Gasteiger partial charge in [-0.2, -0.15) is 0 Å². The number of sulfonamides is 1. The highest BCUT2D eigenvalue weighted by Gasteiger charge is 2.21. The Morgan fingerprint density at radius 3 is 2.36 bits per heavy atom. The molecule has 1 saturated heterocycles. The molecule has 1 atom stereocenters. The first-order valence-electron chi connectivity index (χ1n) is 11.9. The predicted molar refractivity (Wildman–Crippen MR) is 137 cm³/mol. The molecule has 1 unspecified atom stereocenters. The first-order valence-corrected chi connectivity index (χ1v) is 14.9. The normalized spacial score (nSPS) is 16.1. The van der Waals surface area contributed by atoms with Crippen molar-refractivity contribution in [3.05, 3.63) is 54.1 Å². The van der Waals surface area contributed by atoms with Crippen LogP contribution in [-0.2, 0) is 27.2 Å². The second kappa shape index (κ2) is 12.6. The molecule has 1 fully saturated rings. The molecule has 0 radical (unpaired) electrons. The minimum Gasteiger partial charge on any atom is -0.369 e. The lowest BCUT2D eigenvalue weighted by Crippen LogP contribution is -2.46. The van der Waals surface area contributed by atoms with Gasteiger partial charge in [0, 0.05) is 44.7 Å². The Labute approximate surface area is 201 Å². The number of unbranched alkanes of at least 4 members (excludes halogenated alkanes) is 2. The zero-order chi connectivity index (χ0) is 23.7. The van der Waals surface area contributed by atoms with Crippen LogP contribution >= 0.6 is 0 Å². The first-order chi connectivity index (χ1) is 15.9. The van der Waals surface area contributed by atoms with Gasteiger partial charge in [-0.25, -0.2) is 13.1 Å². The van der Waals surface area contributed by atoms with Crippen LogP contribution in [0.4, 0.5) is 5.69 Å². The molecule has 33 heavy (non-hydrogen) atoms. The van der Waals surface area contributed by atoms with Crippen molar-refractivity contribution in [3.8, 4) is 0 Å². The van der Waals surface area contributed by atoms with Gasteiger partial charge >= 0.3 is 0 Å². The van der Waals surface area contributed by atoms with E-state index in [4.69, 9.17) is 0 Å². The monoisotopic (exact) mass is 491 g/mol. The van der Waals surface area contributed by atoms with Gasteiger partial charge in [-0.3, -0.25) is 9.11 Å². The maximum absolute atomic E-state index is 12.7. The van der Waals surface area contributed by atoms with E-state index < -0.39 is 20.8 Å². The van der Waals surface area contributed by atoms with Gasteiger partial charge in [0.1, 0.15) is 0 Å². The average molecular weight is 492 g/mol. The summed E-state index contributed by atoms with van der Waals surface area (Å²) in [6, 6.07) is 15.9. The van der Waals surface area contributed by atoms with Crippen LogP contribution in [0, 0.1) is 0 Å². The topological polar surface area (TPSA) is 69.7 Å². The van der Waals surface area contributed by atoms with Crippen molar-refractivity contribution >= 4 is 26.5 Å². The number of nitrogens with one attached hydrogen (secondary N) is 1. The lowest BCUT2D eigenvalue weighted by molar-refractivity contribution is 0.252. The molecule has 8 heteroatoms. The van der Waals surface area contributed by atoms with Crippen LogP contribution in [0.2, 0.25) is 0 Å². The van der Waals surface area contributed by atoms with E-state index in [1.165, 1.54) is 11.9 Å². The molecule has 3 rings (SSSR count). The molecule has 182 valence electrons. The fraction of sp³-hybridized carbons (Fsp3) is 0.520. The van der Waals surface area contributed by atoms with E-state index >= 15 is 0 Å². The van der Waals surface area contributed by atoms with Crippen LogP contribution in [-0.4, -0.2) is 63.1 Å². The summed E-state index contributed by atoms with van der Waals surface area (Å²) in [6.45, 7) is 7.73. The standard InChI is InChI=1S/C25H37N3O3S2/c1-3-15-26-33(30,31)25-21-22(13-14-24(25)32(2)29)10-6-5-9-16-27-17-19-28(20-18-27)23-11-7-4-8-12-23/h4,7-8,11-14,21,26H,3,5-6,9-10,15-20H2,1-2H3. The molecule has 0 aliphatic carbocycles. The number of anilines is 1. The largest absolute Gasteiger partial charge is 0.369 e. The molecular formula is C25H37N3O3S2. The molecule has 6 nitrogen and oxygen atoms in total. The van der Waals surface area contributed by atoms with E-state index in [0.29, 0.717) is 17.9 Å². The Hall–Kier alpha value is -1.74. The van der Waals surface area contributed by atoms with Crippen molar-refractivity contribution in [2.24, 2.45) is 0 Å². The number of nitrogens with zero attached hydrogens (tertiary/aromatic N) is 2. The molecule has 0 bridgehead atoms. The Kier molecular flexibility index (Phi) is 9.92. The van der Waals surface area contributed by atoms with Crippen molar-refractivity contribution in [1.82, 2.24) is 9.62 Å². The average Bonchev–Trinajstić information content (AvgIpc) is 2.83. The molecule has 0 amide bonds. The molecule has 1 aliphatic heterocycles. The maximum atomic E-state index is 12.7. The minimum atomic E-state index is -3.65. The molecule has 1 aliphatic rings. The van der Waals surface area contributed by atoms with E-state index in [-0.39, 0.29) is 4.90 Å². The number of piperazine rings is 1. The van der Waals surface area contributed by atoms with E-state index in [1.807, 2.05) is 13.0 Å². The summed E-state index contributed by atoms with van der Waals surface area (Å²) in [5, 5.41) is 0. The van der Waals surface area contributed by atoms with Gasteiger partial charge in [0.15, 0.2) is 0 Å². The molecule has 0 aromatic heterocycles. The zero-order valence-corrected chi connectivity index (χ0v) is 21.5. The van der Waals surface area contributed by atoms with Gasteiger partial charge in [-0.15, -0.1) is 0 Å². The number of benzene rings is 2. The summed E-state index contributed by atoms with van der Waals surface area (Å²) >= 11 is 0. The highest BCUT2D eigenvalue weighted by atomic mass is 32.2. The molecule has 0 spiro atoms. The van der Waals surface area contributed by atoms with Crippen molar-refractivity contribution in [2.75, 3.05) is 50.4 Å². The highest BCUT2D eigenvalue weighted by Crippen LogP contribution is 2.22. The molecule has 2 aromatic carbocycles. The van der Waals surface area contributed by atoms with Gasteiger partial charge in [0.25, 0.3) is 0 Å². The van der Waals surface area contributed by atoms with E-state index in [1.54, 1.807) is 12.1 Å². The SMILES string of the molecule is CCCNS(=O)(=O)c1cc(CCCCCN2CCN(c3ccccc3)CC2)ccc1S(C)=O. The third kappa shape index (κ3) is 7.64. The number of aryl methyl sites for hydroxylation is 1. The summed E-state index contributed by atoms with van der Waals surface area (Å²) in [7, 11) is -5.00. The van der Waals surface area contributed by atoms with Gasteiger partial charge in [0.2, 0.25) is 10.0 Å². The van der Waals surface area contributed by atoms with Gasteiger partial charge in [-0.1, -0.05) is 37.6 Å². The molecule has 1 N–H and O–H groups in total. The fourth-order valence-electron chi connectivity index (χ4n) is 4.18. The van der Waals surface area contributed by atoms with Crippen molar-refractivity contribution in [1.29, 1.82) is 0 Å². The Balaban J connectivity index is 1.44. The number of rotatable bonds is 12. The third-order valence-corrected chi connectivity index (χ3v) is 8.69. The van der Waals surface area contributed by atoms with Crippen molar-refractivity contribution < 1.29 is 12.6 Å². The van der Waals surface area contributed by atoms with Crippen LogP contribution in [0.3, 0.4) is 0 Å².